The quantitative estimate of drug-likeness (QED) is 0.595. The van der Waals surface area contributed by atoms with Crippen LogP contribution in [0, 0.1) is 11.6 Å². The Kier molecular flexibility index (Phi) is 4.56. The topological polar surface area (TPSA) is 63.4 Å². The summed E-state index contributed by atoms with van der Waals surface area (Å²) in [5.74, 6) is -1.44. The number of hydrogen-bond acceptors (Lipinski definition) is 4. The first-order valence-corrected chi connectivity index (χ1v) is 9.94. The summed E-state index contributed by atoms with van der Waals surface area (Å²) in [5, 5.41) is 4.62. The lowest BCUT2D eigenvalue weighted by Crippen LogP contribution is -2.42. The largest absolute Gasteiger partial charge is 0.336 e. The van der Waals surface area contributed by atoms with Gasteiger partial charge in [0.05, 0.1) is 33.6 Å². The van der Waals surface area contributed by atoms with E-state index in [1.165, 1.54) is 10.7 Å². The summed E-state index contributed by atoms with van der Waals surface area (Å²) in [5.41, 5.74) is 0.301. The number of fused-ring (bicyclic) bond motifs is 3. The molecule has 2 aromatic carbocycles. The maximum Gasteiger partial charge on any atom is 0.293 e. The highest BCUT2D eigenvalue weighted by atomic mass is 35.5. The number of rotatable bonds is 2. The Morgan fingerprint density at radius 1 is 1.03 bits per heavy atom. The number of carbonyl (C=O) groups excluding carboxylic acids is 1. The predicted octanol–water partition coefficient (Wildman–Crippen LogP) is 4.05. The fraction of sp³-hybridized carbons (Fsp3) is 0.200. The van der Waals surface area contributed by atoms with Gasteiger partial charge in [-0.1, -0.05) is 29.3 Å². The molecule has 0 atom stereocenters. The van der Waals surface area contributed by atoms with Gasteiger partial charge >= 0.3 is 0 Å². The summed E-state index contributed by atoms with van der Waals surface area (Å²) in [4.78, 5) is 22.9. The van der Waals surface area contributed by atoms with Crippen molar-refractivity contribution in [3.05, 3.63) is 74.8 Å². The highest BCUT2D eigenvalue weighted by molar-refractivity contribution is 6.45. The average molecular weight is 448 g/mol. The zero-order valence-electron chi connectivity index (χ0n) is 15.4. The van der Waals surface area contributed by atoms with Gasteiger partial charge in [-0.2, -0.15) is 0 Å². The monoisotopic (exact) mass is 447 g/mol. The molecule has 2 aliphatic heterocycles. The van der Waals surface area contributed by atoms with Crippen molar-refractivity contribution < 1.29 is 13.6 Å². The fourth-order valence-electron chi connectivity index (χ4n) is 3.49. The number of likely N-dealkylation sites (tertiary alicyclic amines) is 1. The molecular formula is C20H13Cl2F2N5O. The Labute approximate surface area is 179 Å². The Morgan fingerprint density at radius 2 is 1.77 bits per heavy atom. The lowest BCUT2D eigenvalue weighted by Gasteiger charge is -2.29. The smallest absolute Gasteiger partial charge is 0.293 e. The third-order valence-corrected chi connectivity index (χ3v) is 5.93. The summed E-state index contributed by atoms with van der Waals surface area (Å²) in [7, 11) is 0. The summed E-state index contributed by atoms with van der Waals surface area (Å²) in [6, 6.07) is 6.71. The number of aromatic nitrogens is 3. The second-order valence-electron chi connectivity index (χ2n) is 6.93. The van der Waals surface area contributed by atoms with Crippen LogP contribution in [-0.4, -0.2) is 44.4 Å². The van der Waals surface area contributed by atoms with Crippen molar-refractivity contribution in [2.45, 2.75) is 13.0 Å². The van der Waals surface area contributed by atoms with Crippen LogP contribution in [0.1, 0.15) is 34.0 Å². The SMILES string of the molecule is O=C(c1nc2n(n1)-c1ccc(Cl)c(Cl)c1C(c1c(F)cccc1F)=NC2)N1CCC1. The molecule has 0 saturated carbocycles. The summed E-state index contributed by atoms with van der Waals surface area (Å²) in [6.07, 6.45) is 0.943. The molecule has 3 aromatic rings. The van der Waals surface area contributed by atoms with Crippen LogP contribution in [-0.2, 0) is 6.54 Å². The molecule has 3 heterocycles. The van der Waals surface area contributed by atoms with E-state index in [-0.39, 0.29) is 45.2 Å². The Morgan fingerprint density at radius 3 is 2.43 bits per heavy atom. The summed E-state index contributed by atoms with van der Waals surface area (Å²) in [6.45, 7) is 1.27. The van der Waals surface area contributed by atoms with E-state index in [2.05, 4.69) is 15.1 Å². The lowest BCUT2D eigenvalue weighted by atomic mass is 9.99. The van der Waals surface area contributed by atoms with Crippen LogP contribution in [0.4, 0.5) is 8.78 Å². The second-order valence-corrected chi connectivity index (χ2v) is 7.71. The molecule has 2 aliphatic rings. The van der Waals surface area contributed by atoms with Crippen molar-refractivity contribution in [1.82, 2.24) is 19.7 Å². The van der Waals surface area contributed by atoms with Crippen molar-refractivity contribution >= 4 is 34.8 Å². The molecule has 1 aromatic heterocycles. The minimum Gasteiger partial charge on any atom is -0.336 e. The molecule has 1 fully saturated rings. The van der Waals surface area contributed by atoms with Crippen LogP contribution in [0.25, 0.3) is 5.69 Å². The van der Waals surface area contributed by atoms with E-state index < -0.39 is 11.6 Å². The van der Waals surface area contributed by atoms with Crippen molar-refractivity contribution in [1.29, 1.82) is 0 Å². The number of nitrogens with zero attached hydrogens (tertiary/aromatic N) is 5. The van der Waals surface area contributed by atoms with Gasteiger partial charge in [0.1, 0.15) is 11.6 Å². The van der Waals surface area contributed by atoms with E-state index in [0.29, 0.717) is 24.6 Å². The van der Waals surface area contributed by atoms with Crippen molar-refractivity contribution in [3.8, 4) is 5.69 Å². The molecule has 5 rings (SSSR count). The molecular weight excluding hydrogens is 435 g/mol. The normalized spacial score (nSPS) is 15.1. The van der Waals surface area contributed by atoms with E-state index in [9.17, 15) is 13.6 Å². The number of hydrogen-bond donors (Lipinski definition) is 0. The van der Waals surface area contributed by atoms with E-state index in [4.69, 9.17) is 23.2 Å². The molecule has 1 amide bonds. The van der Waals surface area contributed by atoms with Crippen LogP contribution >= 0.6 is 23.2 Å². The maximum absolute atomic E-state index is 14.6. The van der Waals surface area contributed by atoms with E-state index in [1.807, 2.05) is 0 Å². The van der Waals surface area contributed by atoms with Gasteiger partial charge in [0.25, 0.3) is 5.91 Å². The van der Waals surface area contributed by atoms with Gasteiger partial charge in [0.15, 0.2) is 5.82 Å². The van der Waals surface area contributed by atoms with E-state index in [1.54, 1.807) is 17.0 Å². The van der Waals surface area contributed by atoms with Crippen LogP contribution < -0.4 is 0 Å². The molecule has 6 nitrogen and oxygen atoms in total. The Bertz CT molecular complexity index is 1220. The van der Waals surface area contributed by atoms with Crippen LogP contribution in [0.5, 0.6) is 0 Å². The number of aliphatic imine (C=N–C) groups is 1. The van der Waals surface area contributed by atoms with Crippen LogP contribution in [0.15, 0.2) is 35.3 Å². The van der Waals surface area contributed by atoms with Crippen molar-refractivity contribution in [2.75, 3.05) is 13.1 Å². The molecule has 0 aliphatic carbocycles. The first-order chi connectivity index (χ1) is 14.5. The molecule has 1 saturated heterocycles. The highest BCUT2D eigenvalue weighted by Crippen LogP contribution is 2.35. The minimum atomic E-state index is -0.781. The minimum absolute atomic E-state index is 0.0102. The zero-order chi connectivity index (χ0) is 21.0. The molecule has 0 bridgehead atoms. The second kappa shape index (κ2) is 7.14. The summed E-state index contributed by atoms with van der Waals surface area (Å²) >= 11 is 12.7. The highest BCUT2D eigenvalue weighted by Gasteiger charge is 2.31. The lowest BCUT2D eigenvalue weighted by molar-refractivity contribution is 0.0639. The van der Waals surface area contributed by atoms with Crippen LogP contribution in [0.3, 0.4) is 0 Å². The van der Waals surface area contributed by atoms with Gasteiger partial charge in [-0.05, 0) is 30.7 Å². The first kappa shape index (κ1) is 19.1. The first-order valence-electron chi connectivity index (χ1n) is 9.18. The zero-order valence-corrected chi connectivity index (χ0v) is 16.9. The Balaban J connectivity index is 1.72. The van der Waals surface area contributed by atoms with E-state index in [0.717, 1.165) is 18.6 Å². The van der Waals surface area contributed by atoms with Gasteiger partial charge in [0, 0.05) is 18.7 Å². The molecule has 30 heavy (non-hydrogen) atoms. The number of halogens is 4. The maximum atomic E-state index is 14.6. The third-order valence-electron chi connectivity index (χ3n) is 5.12. The molecule has 152 valence electrons. The molecule has 0 radical (unpaired) electrons. The van der Waals surface area contributed by atoms with Crippen molar-refractivity contribution in [2.24, 2.45) is 4.99 Å². The van der Waals surface area contributed by atoms with Crippen molar-refractivity contribution in [3.63, 3.8) is 0 Å². The molecule has 0 N–H and O–H groups in total. The predicted molar refractivity (Wildman–Crippen MR) is 108 cm³/mol. The van der Waals surface area contributed by atoms with Gasteiger partial charge in [-0.3, -0.25) is 9.79 Å². The van der Waals surface area contributed by atoms with Gasteiger partial charge in [-0.25, -0.2) is 18.4 Å². The van der Waals surface area contributed by atoms with E-state index >= 15 is 0 Å². The summed E-state index contributed by atoms with van der Waals surface area (Å²) < 4.78 is 30.6. The third kappa shape index (κ3) is 2.90. The number of carbonyl (C=O) groups is 1. The standard InChI is InChI=1S/C20H13Cl2F2N5O/c21-10-5-6-13-16(17(10)22)18(15-11(23)3-1-4-12(15)24)25-9-14-26-19(27-29(13)14)20(30)28-7-2-8-28/h1,3-6H,2,7-9H2. The van der Waals surface area contributed by atoms with Crippen LogP contribution in [0.2, 0.25) is 10.0 Å². The number of amides is 1. The number of benzene rings is 2. The Hall–Kier alpha value is -2.84. The van der Waals surface area contributed by atoms with Gasteiger partial charge in [0.2, 0.25) is 5.82 Å². The molecule has 0 spiro atoms. The molecule has 0 unspecified atom stereocenters. The van der Waals surface area contributed by atoms with Gasteiger partial charge in [-0.15, -0.1) is 5.10 Å². The van der Waals surface area contributed by atoms with Gasteiger partial charge < -0.3 is 4.90 Å². The molecule has 10 heteroatoms. The average Bonchev–Trinajstić information content (AvgIpc) is 3.03. The fourth-order valence-corrected chi connectivity index (χ4v) is 3.90.